The van der Waals surface area contributed by atoms with Gasteiger partial charge < -0.3 is 0 Å². The maximum Gasteiger partial charge on any atom is 0.433 e. The molecule has 0 saturated carbocycles. The number of halogens is 3. The summed E-state index contributed by atoms with van der Waals surface area (Å²) < 4.78 is 38.7. The van der Waals surface area contributed by atoms with Crippen molar-refractivity contribution in [1.29, 1.82) is 0 Å². The van der Waals surface area contributed by atoms with Gasteiger partial charge in [-0.2, -0.15) is 13.2 Å². The van der Waals surface area contributed by atoms with Gasteiger partial charge in [-0.3, -0.25) is 15.0 Å². The molecule has 4 rings (SSSR count). The molecule has 0 spiro atoms. The average molecular weight is 496 g/mol. The molecule has 0 bridgehead atoms. The largest absolute Gasteiger partial charge is 0.433 e. The van der Waals surface area contributed by atoms with E-state index in [9.17, 15) is 13.2 Å². The standard InChI is InChI=1S/C22H25F3N4.C6H7N/c1-5-7-8-15(6-2)17-11-18-21(28-14(4)13(3)27-18)20(29-17)16-9-10-19(26-12-16)22(23,24)25;1-6-4-2-3-5-7-6/h9-12,15H,5-8H2,1-4H3;2-5H,1H3. The minimum atomic E-state index is -4.48. The van der Waals surface area contributed by atoms with Crippen LogP contribution in [-0.2, 0) is 6.18 Å². The van der Waals surface area contributed by atoms with Gasteiger partial charge in [-0.15, -0.1) is 0 Å². The van der Waals surface area contributed by atoms with Crippen molar-refractivity contribution in [2.24, 2.45) is 0 Å². The highest BCUT2D eigenvalue weighted by molar-refractivity contribution is 5.89. The quantitative estimate of drug-likeness (QED) is 0.273. The van der Waals surface area contributed by atoms with Crippen LogP contribution >= 0.6 is 0 Å². The highest BCUT2D eigenvalue weighted by Crippen LogP contribution is 2.33. The van der Waals surface area contributed by atoms with E-state index in [0.29, 0.717) is 22.3 Å². The summed E-state index contributed by atoms with van der Waals surface area (Å²) in [5.41, 5.74) is 4.99. The van der Waals surface area contributed by atoms with Gasteiger partial charge in [0.1, 0.15) is 11.2 Å². The molecule has 0 aromatic carbocycles. The lowest BCUT2D eigenvalue weighted by Crippen LogP contribution is -2.08. The van der Waals surface area contributed by atoms with E-state index < -0.39 is 11.9 Å². The number of hydrogen-bond donors (Lipinski definition) is 0. The fourth-order valence-corrected chi connectivity index (χ4v) is 3.82. The van der Waals surface area contributed by atoms with E-state index in [1.165, 1.54) is 12.3 Å². The Balaban J connectivity index is 0.000000444. The first-order chi connectivity index (χ1) is 17.1. The Morgan fingerprint density at radius 3 is 2.17 bits per heavy atom. The summed E-state index contributed by atoms with van der Waals surface area (Å²) in [6, 6.07) is 10.2. The Hall–Kier alpha value is -3.42. The molecule has 190 valence electrons. The summed E-state index contributed by atoms with van der Waals surface area (Å²) in [6.45, 7) is 10.0. The van der Waals surface area contributed by atoms with Crippen molar-refractivity contribution >= 4 is 11.0 Å². The minimum absolute atomic E-state index is 0.268. The zero-order chi connectivity index (χ0) is 26.3. The molecule has 4 aromatic heterocycles. The van der Waals surface area contributed by atoms with Crippen LogP contribution in [0.4, 0.5) is 13.2 Å². The second-order valence-electron chi connectivity index (χ2n) is 8.81. The molecule has 0 amide bonds. The summed E-state index contributed by atoms with van der Waals surface area (Å²) in [4.78, 5) is 21.7. The van der Waals surface area contributed by atoms with Crippen LogP contribution in [0, 0.1) is 20.8 Å². The normalized spacial score (nSPS) is 12.2. The maximum atomic E-state index is 12.9. The van der Waals surface area contributed by atoms with Crippen molar-refractivity contribution in [2.75, 3.05) is 0 Å². The van der Waals surface area contributed by atoms with Gasteiger partial charge in [-0.25, -0.2) is 9.97 Å². The van der Waals surface area contributed by atoms with E-state index >= 15 is 0 Å². The Morgan fingerprint density at radius 1 is 0.889 bits per heavy atom. The van der Waals surface area contributed by atoms with Gasteiger partial charge in [0.25, 0.3) is 0 Å². The first-order valence-electron chi connectivity index (χ1n) is 12.2. The van der Waals surface area contributed by atoms with Gasteiger partial charge in [0.05, 0.1) is 22.6 Å². The van der Waals surface area contributed by atoms with Crippen LogP contribution in [0.2, 0.25) is 0 Å². The molecule has 1 unspecified atom stereocenters. The highest BCUT2D eigenvalue weighted by atomic mass is 19.4. The van der Waals surface area contributed by atoms with Gasteiger partial charge >= 0.3 is 6.18 Å². The molecule has 5 nitrogen and oxygen atoms in total. The van der Waals surface area contributed by atoms with Crippen LogP contribution in [0.3, 0.4) is 0 Å². The van der Waals surface area contributed by atoms with Crippen molar-refractivity contribution in [3.63, 3.8) is 0 Å². The number of hydrogen-bond acceptors (Lipinski definition) is 5. The maximum absolute atomic E-state index is 12.9. The van der Waals surface area contributed by atoms with E-state index in [1.807, 2.05) is 45.0 Å². The van der Waals surface area contributed by atoms with Crippen LogP contribution in [0.25, 0.3) is 22.3 Å². The van der Waals surface area contributed by atoms with Gasteiger partial charge in [0, 0.05) is 35.3 Å². The number of nitrogens with zero attached hydrogens (tertiary/aromatic N) is 5. The predicted molar refractivity (Wildman–Crippen MR) is 137 cm³/mol. The first kappa shape index (κ1) is 27.2. The van der Waals surface area contributed by atoms with Crippen LogP contribution in [0.5, 0.6) is 0 Å². The molecule has 8 heteroatoms. The van der Waals surface area contributed by atoms with E-state index in [0.717, 1.165) is 54.5 Å². The summed E-state index contributed by atoms with van der Waals surface area (Å²) in [5.74, 6) is 0.268. The lowest BCUT2D eigenvalue weighted by molar-refractivity contribution is -0.141. The first-order valence-corrected chi connectivity index (χ1v) is 12.2. The third-order valence-corrected chi connectivity index (χ3v) is 6.04. The second kappa shape index (κ2) is 12.0. The number of aryl methyl sites for hydroxylation is 3. The molecular formula is C28H32F3N5. The summed E-state index contributed by atoms with van der Waals surface area (Å²) in [5, 5.41) is 0. The van der Waals surface area contributed by atoms with E-state index in [4.69, 9.17) is 4.98 Å². The molecule has 36 heavy (non-hydrogen) atoms. The molecule has 0 aliphatic heterocycles. The predicted octanol–water partition coefficient (Wildman–Crippen LogP) is 7.80. The molecule has 4 heterocycles. The van der Waals surface area contributed by atoms with Crippen molar-refractivity contribution in [1.82, 2.24) is 24.9 Å². The molecule has 0 aliphatic rings. The number of aromatic nitrogens is 5. The SMILES string of the molecule is CCCCC(CC)c1cc2nc(C)c(C)nc2c(-c2ccc(C(F)(F)F)nc2)n1.Cc1ccccn1. The summed E-state index contributed by atoms with van der Waals surface area (Å²) in [7, 11) is 0. The number of pyridine rings is 3. The Labute approximate surface area is 210 Å². The van der Waals surface area contributed by atoms with Crippen LogP contribution in [-0.4, -0.2) is 24.9 Å². The van der Waals surface area contributed by atoms with Crippen molar-refractivity contribution < 1.29 is 13.2 Å². The number of fused-ring (bicyclic) bond motifs is 1. The Morgan fingerprint density at radius 2 is 1.64 bits per heavy atom. The molecule has 1 atom stereocenters. The molecule has 0 radical (unpaired) electrons. The fraction of sp³-hybridized carbons (Fsp3) is 0.393. The van der Waals surface area contributed by atoms with Gasteiger partial charge in [0.15, 0.2) is 0 Å². The number of unbranched alkanes of at least 4 members (excludes halogenated alkanes) is 1. The van der Waals surface area contributed by atoms with Crippen LogP contribution < -0.4 is 0 Å². The summed E-state index contributed by atoms with van der Waals surface area (Å²) in [6.07, 6.45) is 2.66. The van der Waals surface area contributed by atoms with Crippen molar-refractivity contribution in [2.45, 2.75) is 72.4 Å². The zero-order valence-electron chi connectivity index (χ0n) is 21.4. The lowest BCUT2D eigenvalue weighted by Gasteiger charge is -2.17. The molecule has 0 saturated heterocycles. The fourth-order valence-electron chi connectivity index (χ4n) is 3.82. The number of rotatable bonds is 6. The summed E-state index contributed by atoms with van der Waals surface area (Å²) >= 11 is 0. The number of alkyl halides is 3. The van der Waals surface area contributed by atoms with Gasteiger partial charge in [-0.1, -0.05) is 32.8 Å². The van der Waals surface area contributed by atoms with E-state index in [2.05, 4.69) is 33.8 Å². The van der Waals surface area contributed by atoms with E-state index in [-0.39, 0.29) is 5.92 Å². The topological polar surface area (TPSA) is 64.5 Å². The Kier molecular flexibility index (Phi) is 9.07. The van der Waals surface area contributed by atoms with Crippen molar-refractivity contribution in [3.05, 3.63) is 77.3 Å². The van der Waals surface area contributed by atoms with Crippen molar-refractivity contribution in [3.8, 4) is 11.3 Å². The van der Waals surface area contributed by atoms with Gasteiger partial charge in [-0.05, 0) is 63.9 Å². The Bertz CT molecular complexity index is 1270. The third-order valence-electron chi connectivity index (χ3n) is 6.04. The lowest BCUT2D eigenvalue weighted by atomic mass is 9.94. The molecule has 0 aliphatic carbocycles. The highest BCUT2D eigenvalue weighted by Gasteiger charge is 2.32. The molecular weight excluding hydrogens is 463 g/mol. The van der Waals surface area contributed by atoms with Crippen LogP contribution in [0.15, 0.2) is 48.8 Å². The second-order valence-corrected chi connectivity index (χ2v) is 8.81. The molecule has 0 fully saturated rings. The minimum Gasteiger partial charge on any atom is -0.262 e. The third kappa shape index (κ3) is 6.83. The van der Waals surface area contributed by atoms with E-state index in [1.54, 1.807) is 6.20 Å². The molecule has 0 N–H and O–H groups in total. The average Bonchev–Trinajstić information content (AvgIpc) is 2.85. The molecule has 4 aromatic rings. The van der Waals surface area contributed by atoms with Crippen LogP contribution in [0.1, 0.15) is 73.9 Å². The monoisotopic (exact) mass is 495 g/mol. The smallest absolute Gasteiger partial charge is 0.262 e. The van der Waals surface area contributed by atoms with Gasteiger partial charge in [0.2, 0.25) is 0 Å². The zero-order valence-corrected chi connectivity index (χ0v) is 21.4.